The van der Waals surface area contributed by atoms with Gasteiger partial charge in [-0.3, -0.25) is 0 Å². The molecule has 5 nitrogen and oxygen atoms in total. The quantitative estimate of drug-likeness (QED) is 0.712. The van der Waals surface area contributed by atoms with Gasteiger partial charge in [-0.25, -0.2) is 15.9 Å². The lowest BCUT2D eigenvalue weighted by molar-refractivity contribution is -0.0879. The fraction of sp³-hybridized carbons (Fsp3) is 0.875. The fourth-order valence-electron chi connectivity index (χ4n) is 5.07. The summed E-state index contributed by atoms with van der Waals surface area (Å²) in [5.41, 5.74) is 7.72. The van der Waals surface area contributed by atoms with Gasteiger partial charge >= 0.3 is 0 Å². The molecule has 0 spiro atoms. The zero-order valence-corrected chi connectivity index (χ0v) is 13.0. The number of nitrogens with zero attached hydrogens (tertiary/aromatic N) is 3. The van der Waals surface area contributed by atoms with E-state index in [1.165, 1.54) is 38.5 Å². The van der Waals surface area contributed by atoms with Gasteiger partial charge in [0.05, 0.1) is 6.67 Å². The average Bonchev–Trinajstić information content (AvgIpc) is 2.93. The molecule has 0 radical (unpaired) electrons. The highest BCUT2D eigenvalue weighted by Gasteiger charge is 2.43. The van der Waals surface area contributed by atoms with E-state index >= 15 is 0 Å². The molecular weight excluding hydrogens is 262 g/mol. The van der Waals surface area contributed by atoms with Crippen molar-refractivity contribution in [2.45, 2.75) is 57.0 Å². The van der Waals surface area contributed by atoms with Crippen LogP contribution in [0, 0.1) is 11.8 Å². The van der Waals surface area contributed by atoms with Crippen LogP contribution in [0.25, 0.3) is 0 Å². The van der Waals surface area contributed by atoms with Crippen LogP contribution in [0.5, 0.6) is 0 Å². The first-order valence-corrected chi connectivity index (χ1v) is 8.72. The molecule has 4 rings (SSSR count). The minimum absolute atomic E-state index is 0.330. The molecule has 1 unspecified atom stereocenters. The second-order valence-corrected chi connectivity index (χ2v) is 7.43. The average molecular weight is 291 g/mol. The smallest absolute Gasteiger partial charge is 0.0992 e. The molecule has 1 saturated heterocycles. The molecule has 4 atom stereocenters. The van der Waals surface area contributed by atoms with Crippen molar-refractivity contribution in [2.24, 2.45) is 23.4 Å². The van der Waals surface area contributed by atoms with Crippen molar-refractivity contribution in [1.29, 1.82) is 0 Å². The Morgan fingerprint density at radius 2 is 1.90 bits per heavy atom. The molecule has 0 amide bonds. The van der Waals surface area contributed by atoms with E-state index in [1.54, 1.807) is 5.57 Å². The van der Waals surface area contributed by atoms with E-state index in [0.29, 0.717) is 12.1 Å². The third-order valence-electron chi connectivity index (χ3n) is 6.08. The summed E-state index contributed by atoms with van der Waals surface area (Å²) in [5, 5.41) is 6.88. The number of hydrogen-bond acceptors (Lipinski definition) is 5. The maximum Gasteiger partial charge on any atom is 0.0992 e. The van der Waals surface area contributed by atoms with E-state index in [-0.39, 0.29) is 0 Å². The number of hydrogen-bond donors (Lipinski definition) is 2. The molecule has 2 heterocycles. The molecular formula is C16H29N5. The maximum absolute atomic E-state index is 6.21. The van der Waals surface area contributed by atoms with Crippen LogP contribution in [0.1, 0.15) is 44.9 Å². The predicted octanol–water partition coefficient (Wildman–Crippen LogP) is 1.24. The summed E-state index contributed by atoms with van der Waals surface area (Å²) in [4.78, 5) is 0. The van der Waals surface area contributed by atoms with Crippen molar-refractivity contribution in [3.05, 3.63) is 11.8 Å². The van der Waals surface area contributed by atoms with Crippen LogP contribution in [0.3, 0.4) is 0 Å². The van der Waals surface area contributed by atoms with Gasteiger partial charge in [-0.2, -0.15) is 0 Å². The standard InChI is InChI=1S/C16H29N5/c17-13-7-8-20(9-13)21-11-19(18)10-15-14-4-2-1-3-12(14)5-6-16(15)21/h10,12-14,16H,1-9,11,17-18H2/t12-,13-,14-,16?/m1/s1. The molecule has 0 bridgehead atoms. The first-order chi connectivity index (χ1) is 10.2. The third-order valence-corrected chi connectivity index (χ3v) is 6.08. The third kappa shape index (κ3) is 2.50. The molecule has 2 saturated carbocycles. The summed E-state index contributed by atoms with van der Waals surface area (Å²) in [6, 6.07) is 0.908. The molecule has 3 fully saturated rings. The van der Waals surface area contributed by atoms with Crippen LogP contribution in [0.15, 0.2) is 11.8 Å². The van der Waals surface area contributed by atoms with Crippen molar-refractivity contribution < 1.29 is 0 Å². The molecule has 21 heavy (non-hydrogen) atoms. The van der Waals surface area contributed by atoms with Crippen LogP contribution in [0.2, 0.25) is 0 Å². The Morgan fingerprint density at radius 3 is 2.71 bits per heavy atom. The Morgan fingerprint density at radius 1 is 1.05 bits per heavy atom. The van der Waals surface area contributed by atoms with Crippen LogP contribution >= 0.6 is 0 Å². The Labute approximate surface area is 127 Å². The van der Waals surface area contributed by atoms with Gasteiger partial charge in [-0.1, -0.05) is 12.8 Å². The van der Waals surface area contributed by atoms with Crippen LogP contribution in [-0.2, 0) is 0 Å². The molecule has 2 aliphatic carbocycles. The van der Waals surface area contributed by atoms with E-state index in [2.05, 4.69) is 16.2 Å². The minimum Gasteiger partial charge on any atom is -0.326 e. The monoisotopic (exact) mass is 291 g/mol. The highest BCUT2D eigenvalue weighted by atomic mass is 15.7. The number of rotatable bonds is 1. The summed E-state index contributed by atoms with van der Waals surface area (Å²) < 4.78 is 0. The second kappa shape index (κ2) is 5.54. The minimum atomic E-state index is 0.330. The highest BCUT2D eigenvalue weighted by Crippen LogP contribution is 2.46. The first-order valence-electron chi connectivity index (χ1n) is 8.72. The lowest BCUT2D eigenvalue weighted by atomic mass is 9.66. The van der Waals surface area contributed by atoms with E-state index in [1.807, 2.05) is 5.01 Å². The zero-order chi connectivity index (χ0) is 14.4. The number of nitrogens with two attached hydrogens (primary N) is 2. The predicted molar refractivity (Wildman–Crippen MR) is 83.5 cm³/mol. The molecule has 4 N–H and O–H groups in total. The van der Waals surface area contributed by atoms with Crippen molar-refractivity contribution in [3.63, 3.8) is 0 Å². The Bertz CT molecular complexity index is 423. The zero-order valence-electron chi connectivity index (χ0n) is 13.0. The molecule has 4 aliphatic rings. The summed E-state index contributed by atoms with van der Waals surface area (Å²) in [6.07, 6.45) is 11.7. The summed E-state index contributed by atoms with van der Waals surface area (Å²) in [7, 11) is 0. The number of fused-ring (bicyclic) bond motifs is 3. The Hall–Kier alpha value is -0.620. The van der Waals surface area contributed by atoms with Crippen molar-refractivity contribution in [1.82, 2.24) is 15.0 Å². The van der Waals surface area contributed by atoms with Gasteiger partial charge in [0.25, 0.3) is 0 Å². The molecule has 0 aromatic heterocycles. The van der Waals surface area contributed by atoms with Gasteiger partial charge in [-0.15, -0.1) is 0 Å². The fourth-order valence-corrected chi connectivity index (χ4v) is 5.07. The largest absolute Gasteiger partial charge is 0.326 e. The first kappa shape index (κ1) is 14.0. The van der Waals surface area contributed by atoms with E-state index < -0.39 is 0 Å². The molecule has 0 aromatic rings. The molecule has 2 aliphatic heterocycles. The SMILES string of the molecule is N[C@@H]1CCN(N2CN(N)C=C3C2CC[C@H]2CCCC[C@@H]32)C1. The van der Waals surface area contributed by atoms with Gasteiger partial charge in [0, 0.05) is 31.4 Å². The van der Waals surface area contributed by atoms with E-state index in [0.717, 1.165) is 38.0 Å². The Kier molecular flexibility index (Phi) is 3.69. The molecule has 5 heteroatoms. The summed E-state index contributed by atoms with van der Waals surface area (Å²) >= 11 is 0. The number of hydrazine groups is 2. The maximum atomic E-state index is 6.21. The van der Waals surface area contributed by atoms with Crippen LogP contribution in [0.4, 0.5) is 0 Å². The van der Waals surface area contributed by atoms with E-state index in [4.69, 9.17) is 11.6 Å². The van der Waals surface area contributed by atoms with Gasteiger partial charge in [-0.05, 0) is 49.5 Å². The summed E-state index contributed by atoms with van der Waals surface area (Å²) in [6.45, 7) is 2.90. The van der Waals surface area contributed by atoms with Gasteiger partial charge in [0.1, 0.15) is 0 Å². The van der Waals surface area contributed by atoms with Crippen molar-refractivity contribution in [2.75, 3.05) is 19.8 Å². The molecule has 118 valence electrons. The lowest BCUT2D eigenvalue weighted by Crippen LogP contribution is -2.59. The van der Waals surface area contributed by atoms with Gasteiger partial charge in [0.15, 0.2) is 0 Å². The van der Waals surface area contributed by atoms with Gasteiger partial charge in [0.2, 0.25) is 0 Å². The van der Waals surface area contributed by atoms with Crippen molar-refractivity contribution >= 4 is 0 Å². The second-order valence-electron chi connectivity index (χ2n) is 7.43. The normalized spacial score (nSPS) is 41.6. The van der Waals surface area contributed by atoms with Gasteiger partial charge < -0.3 is 10.7 Å². The highest BCUT2D eigenvalue weighted by molar-refractivity contribution is 5.21. The Balaban J connectivity index is 1.58. The van der Waals surface area contributed by atoms with E-state index in [9.17, 15) is 0 Å². The summed E-state index contributed by atoms with van der Waals surface area (Å²) in [5.74, 6) is 7.91. The van der Waals surface area contributed by atoms with Crippen molar-refractivity contribution in [3.8, 4) is 0 Å². The van der Waals surface area contributed by atoms with Crippen LogP contribution < -0.4 is 11.6 Å². The van der Waals surface area contributed by atoms with Crippen LogP contribution in [-0.4, -0.2) is 46.9 Å². The lowest BCUT2D eigenvalue weighted by Gasteiger charge is -2.51. The topological polar surface area (TPSA) is 61.8 Å². The molecule has 0 aromatic carbocycles.